The maximum absolute atomic E-state index is 12.7. The van der Waals surface area contributed by atoms with E-state index in [1.807, 2.05) is 0 Å². The van der Waals surface area contributed by atoms with Crippen molar-refractivity contribution in [1.82, 2.24) is 10.2 Å². The number of rotatable bonds is 4. The van der Waals surface area contributed by atoms with Crippen molar-refractivity contribution in [2.24, 2.45) is 11.3 Å². The highest BCUT2D eigenvalue weighted by molar-refractivity contribution is 5.84. The number of hydrogen-bond donors (Lipinski definition) is 1. The van der Waals surface area contributed by atoms with Crippen LogP contribution in [0, 0.1) is 11.3 Å². The molecule has 2 aliphatic rings. The molecule has 0 aromatic heterocycles. The van der Waals surface area contributed by atoms with Gasteiger partial charge in [0, 0.05) is 25.6 Å². The van der Waals surface area contributed by atoms with Crippen LogP contribution in [0.2, 0.25) is 0 Å². The van der Waals surface area contributed by atoms with Gasteiger partial charge in [-0.3, -0.25) is 9.59 Å². The molecule has 2 fully saturated rings. The van der Waals surface area contributed by atoms with E-state index in [2.05, 4.69) is 10.1 Å². The van der Waals surface area contributed by atoms with Gasteiger partial charge in [-0.05, 0) is 30.5 Å². The molecule has 1 saturated carbocycles. The maximum Gasteiger partial charge on any atom is 0.573 e. The standard InChI is InChI=1S/C19H23F3N2O3/c1-23-17(26)15-11-24(12-18(15)8-2-3-9-18)16(25)10-13-4-6-14(7-5-13)27-19(20,21)22/h4-7,15H,2-3,8-12H2,1H3,(H,23,26)/t15-/m1/s1. The Labute approximate surface area is 155 Å². The van der Waals surface area contributed by atoms with Gasteiger partial charge in [-0.15, -0.1) is 13.2 Å². The van der Waals surface area contributed by atoms with Crippen molar-refractivity contribution in [1.29, 1.82) is 0 Å². The van der Waals surface area contributed by atoms with Gasteiger partial charge in [0.1, 0.15) is 5.75 Å². The number of amides is 2. The molecule has 1 aromatic rings. The first kappa shape index (κ1) is 19.5. The molecular formula is C19H23F3N2O3. The van der Waals surface area contributed by atoms with E-state index in [1.54, 1.807) is 11.9 Å². The fourth-order valence-electron chi connectivity index (χ4n) is 4.38. The van der Waals surface area contributed by atoms with Crippen LogP contribution in [0.25, 0.3) is 0 Å². The summed E-state index contributed by atoms with van der Waals surface area (Å²) in [6.45, 7) is 0.965. The molecule has 27 heavy (non-hydrogen) atoms. The van der Waals surface area contributed by atoms with Gasteiger partial charge >= 0.3 is 6.36 Å². The predicted octanol–water partition coefficient (Wildman–Crippen LogP) is 2.89. The molecule has 0 bridgehead atoms. The van der Waals surface area contributed by atoms with Crippen LogP contribution < -0.4 is 10.1 Å². The molecule has 8 heteroatoms. The second-order valence-corrected chi connectivity index (χ2v) is 7.38. The van der Waals surface area contributed by atoms with E-state index in [9.17, 15) is 22.8 Å². The van der Waals surface area contributed by atoms with E-state index in [0.717, 1.165) is 25.7 Å². The molecule has 0 unspecified atom stereocenters. The summed E-state index contributed by atoms with van der Waals surface area (Å²) in [5.41, 5.74) is 0.471. The minimum Gasteiger partial charge on any atom is -0.406 e. The first-order valence-electron chi connectivity index (χ1n) is 9.06. The van der Waals surface area contributed by atoms with Gasteiger partial charge in [0.15, 0.2) is 0 Å². The zero-order valence-electron chi connectivity index (χ0n) is 15.1. The van der Waals surface area contributed by atoms with Crippen LogP contribution in [0.4, 0.5) is 13.2 Å². The third-order valence-corrected chi connectivity index (χ3v) is 5.68. The minimum atomic E-state index is -4.74. The summed E-state index contributed by atoms with van der Waals surface area (Å²) >= 11 is 0. The summed E-state index contributed by atoms with van der Waals surface area (Å²) in [7, 11) is 1.61. The van der Waals surface area contributed by atoms with E-state index in [1.165, 1.54) is 24.3 Å². The molecule has 1 atom stereocenters. The molecule has 1 aliphatic carbocycles. The van der Waals surface area contributed by atoms with Gasteiger partial charge < -0.3 is 15.0 Å². The molecule has 1 spiro atoms. The number of carbonyl (C=O) groups excluding carboxylic acids is 2. The third-order valence-electron chi connectivity index (χ3n) is 5.68. The number of ether oxygens (including phenoxy) is 1. The summed E-state index contributed by atoms with van der Waals surface area (Å²) in [4.78, 5) is 26.7. The second-order valence-electron chi connectivity index (χ2n) is 7.38. The summed E-state index contributed by atoms with van der Waals surface area (Å²) in [6, 6.07) is 5.31. The second kappa shape index (κ2) is 7.40. The Bertz CT molecular complexity index is 697. The fourth-order valence-corrected chi connectivity index (χ4v) is 4.38. The highest BCUT2D eigenvalue weighted by atomic mass is 19.4. The number of nitrogens with zero attached hydrogens (tertiary/aromatic N) is 1. The lowest BCUT2D eigenvalue weighted by atomic mass is 9.76. The molecule has 1 aliphatic heterocycles. The molecule has 1 N–H and O–H groups in total. The quantitative estimate of drug-likeness (QED) is 0.869. The molecule has 148 valence electrons. The first-order chi connectivity index (χ1) is 12.7. The SMILES string of the molecule is CNC(=O)[C@H]1CN(C(=O)Cc2ccc(OC(F)(F)F)cc2)CC12CCCC2. The number of likely N-dealkylation sites (tertiary alicyclic amines) is 1. The average Bonchev–Trinajstić information content (AvgIpc) is 3.23. The monoisotopic (exact) mass is 384 g/mol. The van der Waals surface area contributed by atoms with Gasteiger partial charge in [0.2, 0.25) is 11.8 Å². The van der Waals surface area contributed by atoms with Gasteiger partial charge in [0.05, 0.1) is 12.3 Å². The number of alkyl halides is 3. The molecular weight excluding hydrogens is 361 g/mol. The summed E-state index contributed by atoms with van der Waals surface area (Å²) in [5, 5.41) is 2.71. The van der Waals surface area contributed by atoms with Crippen molar-refractivity contribution < 1.29 is 27.5 Å². The lowest BCUT2D eigenvalue weighted by Gasteiger charge is -2.28. The van der Waals surface area contributed by atoms with Crippen LogP contribution in [0.5, 0.6) is 5.75 Å². The van der Waals surface area contributed by atoms with Crippen molar-refractivity contribution in [3.05, 3.63) is 29.8 Å². The molecule has 0 radical (unpaired) electrons. The fraction of sp³-hybridized carbons (Fsp3) is 0.579. The number of carbonyl (C=O) groups is 2. The Morgan fingerprint density at radius 2 is 1.85 bits per heavy atom. The van der Waals surface area contributed by atoms with E-state index in [-0.39, 0.29) is 35.3 Å². The number of hydrogen-bond acceptors (Lipinski definition) is 3. The van der Waals surface area contributed by atoms with Crippen molar-refractivity contribution in [2.45, 2.75) is 38.5 Å². The van der Waals surface area contributed by atoms with E-state index in [4.69, 9.17) is 0 Å². The lowest BCUT2D eigenvalue weighted by Crippen LogP contribution is -2.38. The molecule has 1 saturated heterocycles. The van der Waals surface area contributed by atoms with Crippen molar-refractivity contribution in [3.63, 3.8) is 0 Å². The van der Waals surface area contributed by atoms with Crippen LogP contribution in [-0.4, -0.2) is 43.2 Å². The maximum atomic E-state index is 12.7. The average molecular weight is 384 g/mol. The van der Waals surface area contributed by atoms with Gasteiger partial charge in [0.25, 0.3) is 0 Å². The molecule has 2 amide bonds. The van der Waals surface area contributed by atoms with Crippen molar-refractivity contribution >= 4 is 11.8 Å². The Hall–Kier alpha value is -2.25. The Morgan fingerprint density at radius 3 is 2.41 bits per heavy atom. The Kier molecular flexibility index (Phi) is 5.35. The van der Waals surface area contributed by atoms with Crippen LogP contribution >= 0.6 is 0 Å². The van der Waals surface area contributed by atoms with E-state index in [0.29, 0.717) is 18.7 Å². The molecule has 3 rings (SSSR count). The normalized spacial score (nSPS) is 21.5. The summed E-state index contributed by atoms with van der Waals surface area (Å²) in [5.74, 6) is -0.654. The Balaban J connectivity index is 1.65. The highest BCUT2D eigenvalue weighted by Crippen LogP contribution is 2.49. The Morgan fingerprint density at radius 1 is 1.22 bits per heavy atom. The zero-order valence-corrected chi connectivity index (χ0v) is 15.1. The van der Waals surface area contributed by atoms with Crippen molar-refractivity contribution in [2.75, 3.05) is 20.1 Å². The van der Waals surface area contributed by atoms with Crippen LogP contribution in [-0.2, 0) is 16.0 Å². The smallest absolute Gasteiger partial charge is 0.406 e. The summed E-state index contributed by atoms with van der Waals surface area (Å²) in [6.07, 6.45) is -0.636. The number of benzene rings is 1. The number of nitrogens with one attached hydrogen (secondary N) is 1. The third kappa shape index (κ3) is 4.36. The minimum absolute atomic E-state index is 0.0270. The van der Waals surface area contributed by atoms with E-state index < -0.39 is 6.36 Å². The highest BCUT2D eigenvalue weighted by Gasteiger charge is 2.51. The van der Waals surface area contributed by atoms with Gasteiger partial charge in [-0.25, -0.2) is 0 Å². The lowest BCUT2D eigenvalue weighted by molar-refractivity contribution is -0.274. The van der Waals surface area contributed by atoms with E-state index >= 15 is 0 Å². The number of halogens is 3. The van der Waals surface area contributed by atoms with Crippen LogP contribution in [0.1, 0.15) is 31.2 Å². The molecule has 5 nitrogen and oxygen atoms in total. The van der Waals surface area contributed by atoms with Crippen molar-refractivity contribution in [3.8, 4) is 5.75 Å². The predicted molar refractivity (Wildman–Crippen MR) is 91.9 cm³/mol. The van der Waals surface area contributed by atoms with Crippen LogP contribution in [0.3, 0.4) is 0 Å². The largest absolute Gasteiger partial charge is 0.573 e. The van der Waals surface area contributed by atoms with Crippen LogP contribution in [0.15, 0.2) is 24.3 Å². The molecule has 1 aromatic carbocycles. The summed E-state index contributed by atoms with van der Waals surface area (Å²) < 4.78 is 40.5. The first-order valence-corrected chi connectivity index (χ1v) is 9.06. The van der Waals surface area contributed by atoms with Gasteiger partial charge in [-0.2, -0.15) is 0 Å². The zero-order chi connectivity index (χ0) is 19.7. The van der Waals surface area contributed by atoms with Gasteiger partial charge in [-0.1, -0.05) is 25.0 Å². The molecule has 1 heterocycles. The topological polar surface area (TPSA) is 58.6 Å².